The standard InChI is InChI=1S/C18H17N3O/c1-14-7-9-15(10-8-14)18(22)20-17-6-3-2-5-16(17)13-21-12-4-11-19-21/h2-12H,13H2,1H3,(H,20,22). The summed E-state index contributed by atoms with van der Waals surface area (Å²) in [5, 5.41) is 7.18. The van der Waals surface area contributed by atoms with Crippen molar-refractivity contribution >= 4 is 11.6 Å². The van der Waals surface area contributed by atoms with Gasteiger partial charge in [0.2, 0.25) is 0 Å². The highest BCUT2D eigenvalue weighted by Crippen LogP contribution is 2.17. The molecule has 0 aliphatic rings. The number of hydrogen-bond donors (Lipinski definition) is 1. The maximum atomic E-state index is 12.3. The molecule has 1 N–H and O–H groups in total. The number of aryl methyl sites for hydroxylation is 1. The van der Waals surface area contributed by atoms with Gasteiger partial charge in [0, 0.05) is 23.6 Å². The molecule has 110 valence electrons. The number of carbonyl (C=O) groups is 1. The lowest BCUT2D eigenvalue weighted by atomic mass is 10.1. The van der Waals surface area contributed by atoms with Crippen LogP contribution in [0.2, 0.25) is 0 Å². The molecule has 0 spiro atoms. The molecule has 0 saturated carbocycles. The molecule has 0 atom stereocenters. The van der Waals surface area contributed by atoms with Crippen LogP contribution in [0, 0.1) is 6.92 Å². The largest absolute Gasteiger partial charge is 0.322 e. The molecule has 0 saturated heterocycles. The first-order valence-corrected chi connectivity index (χ1v) is 7.16. The molecule has 0 aliphatic heterocycles. The van der Waals surface area contributed by atoms with Gasteiger partial charge >= 0.3 is 0 Å². The minimum absolute atomic E-state index is 0.104. The van der Waals surface area contributed by atoms with Crippen molar-refractivity contribution in [1.29, 1.82) is 0 Å². The number of anilines is 1. The zero-order valence-corrected chi connectivity index (χ0v) is 12.4. The first-order chi connectivity index (χ1) is 10.7. The van der Waals surface area contributed by atoms with E-state index in [1.165, 1.54) is 0 Å². The predicted molar refractivity (Wildman–Crippen MR) is 86.9 cm³/mol. The summed E-state index contributed by atoms with van der Waals surface area (Å²) >= 11 is 0. The summed E-state index contributed by atoms with van der Waals surface area (Å²) in [5.74, 6) is -0.104. The van der Waals surface area contributed by atoms with Crippen molar-refractivity contribution in [3.63, 3.8) is 0 Å². The van der Waals surface area contributed by atoms with E-state index >= 15 is 0 Å². The molecular formula is C18H17N3O. The number of nitrogens with zero attached hydrogens (tertiary/aromatic N) is 2. The molecule has 2 aromatic carbocycles. The van der Waals surface area contributed by atoms with Crippen molar-refractivity contribution in [2.24, 2.45) is 0 Å². The molecular weight excluding hydrogens is 274 g/mol. The van der Waals surface area contributed by atoms with Crippen molar-refractivity contribution < 1.29 is 4.79 Å². The van der Waals surface area contributed by atoms with E-state index in [2.05, 4.69) is 10.4 Å². The number of aromatic nitrogens is 2. The first kappa shape index (κ1) is 14.1. The van der Waals surface area contributed by atoms with E-state index in [-0.39, 0.29) is 5.91 Å². The number of para-hydroxylation sites is 1. The highest BCUT2D eigenvalue weighted by molar-refractivity contribution is 6.04. The molecule has 1 aromatic heterocycles. The predicted octanol–water partition coefficient (Wildman–Crippen LogP) is 3.49. The van der Waals surface area contributed by atoms with Gasteiger partial charge in [-0.3, -0.25) is 9.48 Å². The molecule has 3 aromatic rings. The fraction of sp³-hybridized carbons (Fsp3) is 0.111. The second-order valence-electron chi connectivity index (χ2n) is 5.18. The van der Waals surface area contributed by atoms with Gasteiger partial charge in [-0.15, -0.1) is 0 Å². The average Bonchev–Trinajstić information content (AvgIpc) is 3.03. The van der Waals surface area contributed by atoms with Crippen LogP contribution in [0.15, 0.2) is 67.0 Å². The van der Waals surface area contributed by atoms with Gasteiger partial charge in [0.1, 0.15) is 0 Å². The summed E-state index contributed by atoms with van der Waals surface area (Å²) < 4.78 is 1.83. The molecule has 3 rings (SSSR count). The Morgan fingerprint density at radius 1 is 1.09 bits per heavy atom. The number of benzene rings is 2. The Hall–Kier alpha value is -2.88. The fourth-order valence-electron chi connectivity index (χ4n) is 2.25. The Labute approximate surface area is 129 Å². The monoisotopic (exact) mass is 291 g/mol. The lowest BCUT2D eigenvalue weighted by molar-refractivity contribution is 0.102. The van der Waals surface area contributed by atoms with Crippen molar-refractivity contribution in [3.05, 3.63) is 83.7 Å². The zero-order chi connectivity index (χ0) is 15.4. The first-order valence-electron chi connectivity index (χ1n) is 7.16. The Kier molecular flexibility index (Phi) is 4.01. The van der Waals surface area contributed by atoms with Gasteiger partial charge in [0.15, 0.2) is 0 Å². The molecule has 1 amide bonds. The molecule has 22 heavy (non-hydrogen) atoms. The van der Waals surface area contributed by atoms with Crippen molar-refractivity contribution in [2.75, 3.05) is 5.32 Å². The Morgan fingerprint density at radius 2 is 1.86 bits per heavy atom. The molecule has 0 aliphatic carbocycles. The minimum Gasteiger partial charge on any atom is -0.322 e. The second kappa shape index (κ2) is 6.26. The molecule has 4 heteroatoms. The van der Waals surface area contributed by atoms with Crippen LogP contribution >= 0.6 is 0 Å². The molecule has 0 unspecified atom stereocenters. The van der Waals surface area contributed by atoms with Crippen molar-refractivity contribution in [3.8, 4) is 0 Å². The van der Waals surface area contributed by atoms with Gasteiger partial charge < -0.3 is 5.32 Å². The zero-order valence-electron chi connectivity index (χ0n) is 12.4. The van der Waals surface area contributed by atoms with Crippen LogP contribution in [0.3, 0.4) is 0 Å². The van der Waals surface area contributed by atoms with Crippen LogP contribution in [0.25, 0.3) is 0 Å². The van der Waals surface area contributed by atoms with Crippen molar-refractivity contribution in [1.82, 2.24) is 9.78 Å². The maximum absolute atomic E-state index is 12.3. The third kappa shape index (κ3) is 3.23. The van der Waals surface area contributed by atoms with Crippen LogP contribution in [-0.2, 0) is 6.54 Å². The van der Waals surface area contributed by atoms with E-state index in [0.717, 1.165) is 16.8 Å². The number of nitrogens with one attached hydrogen (secondary N) is 1. The van der Waals surface area contributed by atoms with E-state index in [4.69, 9.17) is 0 Å². The van der Waals surface area contributed by atoms with Crippen LogP contribution in [-0.4, -0.2) is 15.7 Å². The van der Waals surface area contributed by atoms with Crippen LogP contribution in [0.5, 0.6) is 0 Å². The summed E-state index contributed by atoms with van der Waals surface area (Å²) in [6.07, 6.45) is 3.64. The van der Waals surface area contributed by atoms with E-state index in [1.54, 1.807) is 6.20 Å². The Morgan fingerprint density at radius 3 is 2.59 bits per heavy atom. The Bertz CT molecular complexity index is 761. The van der Waals surface area contributed by atoms with Crippen LogP contribution in [0.1, 0.15) is 21.5 Å². The summed E-state index contributed by atoms with van der Waals surface area (Å²) in [4.78, 5) is 12.3. The third-order valence-corrected chi connectivity index (χ3v) is 3.47. The summed E-state index contributed by atoms with van der Waals surface area (Å²) in [7, 11) is 0. The van der Waals surface area contributed by atoms with Gasteiger partial charge in [-0.1, -0.05) is 35.9 Å². The molecule has 4 nitrogen and oxygen atoms in total. The van der Waals surface area contributed by atoms with Gasteiger partial charge in [-0.05, 0) is 36.8 Å². The van der Waals surface area contributed by atoms with E-state index in [9.17, 15) is 4.79 Å². The minimum atomic E-state index is -0.104. The highest BCUT2D eigenvalue weighted by Gasteiger charge is 2.09. The number of carbonyl (C=O) groups excluding carboxylic acids is 1. The average molecular weight is 291 g/mol. The normalized spacial score (nSPS) is 10.4. The smallest absolute Gasteiger partial charge is 0.255 e. The van der Waals surface area contributed by atoms with Crippen LogP contribution in [0.4, 0.5) is 5.69 Å². The quantitative estimate of drug-likeness (QED) is 0.800. The number of hydrogen-bond acceptors (Lipinski definition) is 2. The number of amides is 1. The maximum Gasteiger partial charge on any atom is 0.255 e. The van der Waals surface area contributed by atoms with Gasteiger partial charge in [0.25, 0.3) is 5.91 Å². The second-order valence-corrected chi connectivity index (χ2v) is 5.18. The van der Waals surface area contributed by atoms with Crippen LogP contribution < -0.4 is 5.32 Å². The van der Waals surface area contributed by atoms with Gasteiger partial charge in [0.05, 0.1) is 6.54 Å². The molecule has 1 heterocycles. The highest BCUT2D eigenvalue weighted by atomic mass is 16.1. The van der Waals surface area contributed by atoms with E-state index < -0.39 is 0 Å². The summed E-state index contributed by atoms with van der Waals surface area (Å²) in [5.41, 5.74) is 3.62. The van der Waals surface area contributed by atoms with Gasteiger partial charge in [-0.2, -0.15) is 5.10 Å². The summed E-state index contributed by atoms with van der Waals surface area (Å²) in [6, 6.07) is 17.2. The fourth-order valence-corrected chi connectivity index (χ4v) is 2.25. The lowest BCUT2D eigenvalue weighted by Gasteiger charge is -2.11. The molecule has 0 fully saturated rings. The van der Waals surface area contributed by atoms with Crippen molar-refractivity contribution in [2.45, 2.75) is 13.5 Å². The SMILES string of the molecule is Cc1ccc(C(=O)Nc2ccccc2Cn2cccn2)cc1. The lowest BCUT2D eigenvalue weighted by Crippen LogP contribution is -2.14. The third-order valence-electron chi connectivity index (χ3n) is 3.47. The van der Waals surface area contributed by atoms with E-state index in [1.807, 2.05) is 72.4 Å². The summed E-state index contributed by atoms with van der Waals surface area (Å²) in [6.45, 7) is 2.62. The number of rotatable bonds is 4. The molecule has 0 bridgehead atoms. The Balaban J connectivity index is 1.80. The molecule has 0 radical (unpaired) electrons. The van der Waals surface area contributed by atoms with Gasteiger partial charge in [-0.25, -0.2) is 0 Å². The topological polar surface area (TPSA) is 46.9 Å². The van der Waals surface area contributed by atoms with E-state index in [0.29, 0.717) is 12.1 Å².